The van der Waals surface area contributed by atoms with Gasteiger partial charge in [-0.2, -0.15) is 10.1 Å². The molecule has 0 radical (unpaired) electrons. The van der Waals surface area contributed by atoms with E-state index in [-0.39, 0.29) is 36.2 Å². The van der Waals surface area contributed by atoms with Gasteiger partial charge in [-0.25, -0.2) is 4.39 Å². The molecule has 0 fully saturated rings. The number of halogens is 3. The van der Waals surface area contributed by atoms with E-state index in [0.29, 0.717) is 47.6 Å². The molecule has 0 saturated heterocycles. The molecule has 49 heavy (non-hydrogen) atoms. The van der Waals surface area contributed by atoms with Gasteiger partial charge < -0.3 is 14.4 Å². The smallest absolute Gasteiger partial charge is 0.277 e. The van der Waals surface area contributed by atoms with Gasteiger partial charge in [0.15, 0.2) is 5.16 Å². The van der Waals surface area contributed by atoms with Crippen molar-refractivity contribution in [2.75, 3.05) is 26.2 Å². The maximum atomic E-state index is 14.1. The largest absolute Gasteiger partial charge is 0.334 e. The van der Waals surface area contributed by atoms with Gasteiger partial charge in [-0.1, -0.05) is 67.5 Å². The summed E-state index contributed by atoms with van der Waals surface area (Å²) in [4.78, 5) is 40.5. The molecule has 0 spiro atoms. The summed E-state index contributed by atoms with van der Waals surface area (Å²) < 4.78 is 16.9. The van der Waals surface area contributed by atoms with Gasteiger partial charge in [-0.3, -0.25) is 19.3 Å². The van der Waals surface area contributed by atoms with Crippen molar-refractivity contribution in [3.05, 3.63) is 129 Å². The third-order valence-corrected chi connectivity index (χ3v) is 9.37. The lowest BCUT2D eigenvalue weighted by Crippen LogP contribution is -2.40. The van der Waals surface area contributed by atoms with E-state index in [9.17, 15) is 14.0 Å². The lowest BCUT2D eigenvalue weighted by atomic mass is 10.1. The molecule has 5 aromatic rings. The lowest BCUT2D eigenvalue weighted by Gasteiger charge is -2.27. The molecule has 2 aromatic carbocycles. The molecule has 3 aromatic heterocycles. The SMILES string of the molecule is CCN(CC)CCN(Cc1ccc(-c2ccc(Cl)cc2)cn1)C(=O)Cn1cc(Cc2cnn(C)c2)c(=O)nc1SCc1ccc(F)cc1.Cl. The molecule has 9 nitrogen and oxygen atoms in total. The Balaban J connectivity index is 0.00000541. The summed E-state index contributed by atoms with van der Waals surface area (Å²) in [5.74, 6) is 0.0218. The third-order valence-electron chi connectivity index (χ3n) is 8.06. The van der Waals surface area contributed by atoms with Gasteiger partial charge in [-0.05, 0) is 60.1 Å². The van der Waals surface area contributed by atoms with Crippen LogP contribution < -0.4 is 5.56 Å². The van der Waals surface area contributed by atoms with Crippen molar-refractivity contribution in [1.29, 1.82) is 0 Å². The zero-order valence-electron chi connectivity index (χ0n) is 27.8. The molecule has 0 aliphatic rings. The van der Waals surface area contributed by atoms with Crippen LogP contribution in [0.15, 0.2) is 95.4 Å². The zero-order chi connectivity index (χ0) is 34.0. The number of carbonyl (C=O) groups is 1. The maximum absolute atomic E-state index is 14.1. The maximum Gasteiger partial charge on any atom is 0.277 e. The van der Waals surface area contributed by atoms with E-state index in [1.165, 1.54) is 23.9 Å². The number of aryl methyl sites for hydroxylation is 1. The van der Waals surface area contributed by atoms with Crippen molar-refractivity contribution in [2.45, 2.75) is 44.3 Å². The third kappa shape index (κ3) is 10.7. The van der Waals surface area contributed by atoms with Crippen LogP contribution in [0.2, 0.25) is 5.02 Å². The Hall–Kier alpha value is -4.03. The first-order valence-electron chi connectivity index (χ1n) is 15.9. The first-order valence-corrected chi connectivity index (χ1v) is 17.2. The highest BCUT2D eigenvalue weighted by Gasteiger charge is 2.20. The van der Waals surface area contributed by atoms with Gasteiger partial charge in [0.1, 0.15) is 12.4 Å². The van der Waals surface area contributed by atoms with Crippen molar-refractivity contribution in [1.82, 2.24) is 34.1 Å². The Morgan fingerprint density at radius 2 is 1.63 bits per heavy atom. The Morgan fingerprint density at radius 3 is 2.27 bits per heavy atom. The van der Waals surface area contributed by atoms with Gasteiger partial charge in [0, 0.05) is 67.1 Å². The van der Waals surface area contributed by atoms with Crippen LogP contribution in [-0.2, 0) is 37.1 Å². The number of hydrogen-bond donors (Lipinski definition) is 0. The van der Waals surface area contributed by atoms with Crippen LogP contribution in [0.5, 0.6) is 0 Å². The fourth-order valence-corrected chi connectivity index (χ4v) is 6.29. The van der Waals surface area contributed by atoms with Gasteiger partial charge in [0.2, 0.25) is 5.91 Å². The fraction of sp³-hybridized carbons (Fsp3) is 0.306. The molecule has 258 valence electrons. The number of rotatable bonds is 15. The van der Waals surface area contributed by atoms with E-state index < -0.39 is 0 Å². The van der Waals surface area contributed by atoms with Crippen LogP contribution in [0.4, 0.5) is 4.39 Å². The molecule has 0 saturated carbocycles. The van der Waals surface area contributed by atoms with Crippen LogP contribution in [0, 0.1) is 5.82 Å². The van der Waals surface area contributed by atoms with Gasteiger partial charge in [0.25, 0.3) is 5.56 Å². The zero-order valence-corrected chi connectivity index (χ0v) is 30.1. The fourth-order valence-electron chi connectivity index (χ4n) is 5.25. The Labute approximate surface area is 301 Å². The van der Waals surface area contributed by atoms with E-state index in [4.69, 9.17) is 16.6 Å². The highest BCUT2D eigenvalue weighted by molar-refractivity contribution is 7.98. The first kappa shape index (κ1) is 37.8. The minimum Gasteiger partial charge on any atom is -0.334 e. The van der Waals surface area contributed by atoms with E-state index in [0.717, 1.165) is 41.0 Å². The predicted molar refractivity (Wildman–Crippen MR) is 196 cm³/mol. The van der Waals surface area contributed by atoms with E-state index >= 15 is 0 Å². The number of amides is 1. The molecule has 0 atom stereocenters. The molecule has 3 heterocycles. The molecule has 0 aliphatic heterocycles. The van der Waals surface area contributed by atoms with Crippen LogP contribution in [0.25, 0.3) is 11.1 Å². The molecule has 0 bridgehead atoms. The van der Waals surface area contributed by atoms with Crippen LogP contribution >= 0.6 is 35.8 Å². The number of aromatic nitrogens is 5. The van der Waals surface area contributed by atoms with Crippen molar-refractivity contribution in [3.8, 4) is 11.1 Å². The minimum absolute atomic E-state index is 0. The number of likely N-dealkylation sites (N-methyl/N-ethyl adjacent to an activating group) is 1. The molecule has 5 rings (SSSR count). The Bertz CT molecular complexity index is 1860. The second-order valence-corrected chi connectivity index (χ2v) is 12.9. The van der Waals surface area contributed by atoms with Crippen molar-refractivity contribution in [2.24, 2.45) is 7.05 Å². The van der Waals surface area contributed by atoms with Crippen molar-refractivity contribution in [3.63, 3.8) is 0 Å². The van der Waals surface area contributed by atoms with E-state index in [1.807, 2.05) is 60.7 Å². The molecule has 1 amide bonds. The molecular weight excluding hydrogens is 684 g/mol. The van der Waals surface area contributed by atoms with Crippen molar-refractivity contribution >= 4 is 41.7 Å². The average molecular weight is 725 g/mol. The number of benzene rings is 2. The second kappa shape index (κ2) is 18.1. The van der Waals surface area contributed by atoms with Gasteiger partial charge >= 0.3 is 0 Å². The summed E-state index contributed by atoms with van der Waals surface area (Å²) >= 11 is 7.40. The molecule has 0 unspecified atom stereocenters. The summed E-state index contributed by atoms with van der Waals surface area (Å²) in [7, 11) is 1.82. The number of pyridine rings is 1. The summed E-state index contributed by atoms with van der Waals surface area (Å²) in [6.07, 6.45) is 7.45. The summed E-state index contributed by atoms with van der Waals surface area (Å²) in [5, 5.41) is 5.31. The Kier molecular flexibility index (Phi) is 14.0. The molecule has 0 aliphatic carbocycles. The number of thioether (sulfide) groups is 1. The standard InChI is InChI=1S/C36H39ClFN7O2S.ClH/c1-4-43(5-2)16-17-44(23-33-15-10-29(20-39-33)28-8-11-31(37)12-9-28)34(46)24-45-22-30(18-27-19-40-42(3)21-27)35(47)41-36(45)48-25-26-6-13-32(38)14-7-26;/h6-15,19-22H,4-5,16-18,23-25H2,1-3H3;1H. The number of hydrogen-bond acceptors (Lipinski definition) is 7. The van der Waals surface area contributed by atoms with Gasteiger partial charge in [-0.15, -0.1) is 12.4 Å². The van der Waals surface area contributed by atoms with E-state index in [2.05, 4.69) is 28.8 Å². The predicted octanol–water partition coefficient (Wildman–Crippen LogP) is 6.51. The topological polar surface area (TPSA) is 89.1 Å². The highest BCUT2D eigenvalue weighted by atomic mass is 35.5. The van der Waals surface area contributed by atoms with Crippen LogP contribution in [0.1, 0.15) is 36.2 Å². The van der Waals surface area contributed by atoms with Crippen molar-refractivity contribution < 1.29 is 9.18 Å². The first-order chi connectivity index (χ1) is 23.2. The molecular formula is C36H40Cl2FN7O2S. The monoisotopic (exact) mass is 723 g/mol. The number of nitrogens with zero attached hydrogens (tertiary/aromatic N) is 7. The highest BCUT2D eigenvalue weighted by Crippen LogP contribution is 2.23. The number of carbonyl (C=O) groups excluding carboxylic acids is 1. The normalized spacial score (nSPS) is 11.1. The second-order valence-electron chi connectivity index (χ2n) is 11.5. The average Bonchev–Trinajstić information content (AvgIpc) is 3.50. The lowest BCUT2D eigenvalue weighted by molar-refractivity contribution is -0.133. The summed E-state index contributed by atoms with van der Waals surface area (Å²) in [6.45, 7) is 7.49. The Morgan fingerprint density at radius 1 is 0.918 bits per heavy atom. The van der Waals surface area contributed by atoms with Gasteiger partial charge in [0.05, 0.1) is 18.4 Å². The van der Waals surface area contributed by atoms with E-state index in [1.54, 1.807) is 33.8 Å². The summed E-state index contributed by atoms with van der Waals surface area (Å²) in [6, 6.07) is 17.7. The molecule has 0 N–H and O–H groups in total. The quantitative estimate of drug-likeness (QED) is 0.0900. The van der Waals surface area contributed by atoms with Crippen LogP contribution in [-0.4, -0.2) is 66.2 Å². The minimum atomic E-state index is -0.354. The molecule has 13 heteroatoms. The van der Waals surface area contributed by atoms with Crippen LogP contribution in [0.3, 0.4) is 0 Å². The summed E-state index contributed by atoms with van der Waals surface area (Å²) in [5.41, 5.74) is 4.59.